The molecule has 2 aliphatic rings. The molecule has 0 bridgehead atoms. The molecule has 4 aromatic carbocycles. The fourth-order valence-corrected chi connectivity index (χ4v) is 14.5. The lowest BCUT2D eigenvalue weighted by molar-refractivity contribution is 0.412. The minimum Gasteiger partial charge on any atom is -0.497 e. The normalized spacial score (nSPS) is 14.9. The third kappa shape index (κ3) is 11.4. The van der Waals surface area contributed by atoms with Gasteiger partial charge in [-0.3, -0.25) is 0 Å². The summed E-state index contributed by atoms with van der Waals surface area (Å²) < 4.78 is 54.4. The number of fused-ring (bicyclic) bond motifs is 3. The van der Waals surface area contributed by atoms with Crippen LogP contribution in [0.2, 0.25) is 0 Å². The van der Waals surface area contributed by atoms with Crippen molar-refractivity contribution in [3.05, 3.63) is 68.8 Å². The number of hydrogen-bond donors (Lipinski definition) is 0. The Bertz CT molecular complexity index is 2240. The van der Waals surface area contributed by atoms with Crippen molar-refractivity contribution >= 4 is 60.9 Å². The molecule has 2 fully saturated rings. The zero-order valence-corrected chi connectivity index (χ0v) is 42.7. The summed E-state index contributed by atoms with van der Waals surface area (Å²) in [5.41, 5.74) is 7.72. The molecule has 63 heavy (non-hydrogen) atoms. The van der Waals surface area contributed by atoms with Crippen molar-refractivity contribution in [3.63, 3.8) is 0 Å². The number of aryl methyl sites for hydroxylation is 3. The maximum atomic E-state index is 7.64. The van der Waals surface area contributed by atoms with Crippen LogP contribution in [0.15, 0.2) is 56.9 Å². The Balaban J connectivity index is 1.50. The van der Waals surface area contributed by atoms with Crippen LogP contribution in [0.5, 0.6) is 34.5 Å². The molecular formula is C52H69IO8P2. The van der Waals surface area contributed by atoms with Gasteiger partial charge in [-0.05, 0) is 152 Å². The summed E-state index contributed by atoms with van der Waals surface area (Å²) in [4.78, 5) is 0. The number of rotatable bonds is 20. The van der Waals surface area contributed by atoms with E-state index >= 15 is 0 Å². The predicted octanol–water partition coefficient (Wildman–Crippen LogP) is 16.9. The Morgan fingerprint density at radius 3 is 1.41 bits per heavy atom. The minimum absolute atomic E-state index is 0.598. The molecule has 0 spiro atoms. The second kappa shape index (κ2) is 23.3. The molecule has 2 aliphatic carbocycles. The van der Waals surface area contributed by atoms with Crippen LogP contribution < -0.4 is 28.0 Å². The summed E-state index contributed by atoms with van der Waals surface area (Å²) in [7, 11) is 4.15. The van der Waals surface area contributed by atoms with Crippen LogP contribution in [-0.2, 0) is 19.3 Å². The van der Waals surface area contributed by atoms with Crippen LogP contribution in [-0.4, -0.2) is 39.8 Å². The Morgan fingerprint density at radius 1 is 0.540 bits per heavy atom. The summed E-state index contributed by atoms with van der Waals surface area (Å²) in [6.45, 7) is 6.66. The standard InChI is InChI=1S/C52H69IO8P2/c1-8-11-20-35-27-38(54-4)30-44-45-31-39(55-5)28-36(21-12-9-2)50(45)60-63(59-49(35)44)61-51-37(22-13-10-3)29-40(56-6)32-46(51)47-33-41(57-7)34-48(53)52(47)58-62(42-23-16-14-17-24-42)43-25-18-15-19-26-43/h27-34,42-43H,8-26H2,1-7H3. The molecule has 0 radical (unpaired) electrons. The summed E-state index contributed by atoms with van der Waals surface area (Å²) in [6.07, 6.45) is 21.3. The molecule has 1 heterocycles. The smallest absolute Gasteiger partial charge is 0.453 e. The fraction of sp³-hybridized carbons (Fsp3) is 0.538. The van der Waals surface area contributed by atoms with Crippen molar-refractivity contribution in [1.82, 2.24) is 0 Å². The van der Waals surface area contributed by atoms with E-state index in [1.165, 1.54) is 64.2 Å². The second-order valence-corrected chi connectivity index (χ2v) is 21.8. The van der Waals surface area contributed by atoms with Crippen LogP contribution in [0.1, 0.15) is 140 Å². The topological polar surface area (TPSA) is 81.7 Å². The zero-order valence-electron chi connectivity index (χ0n) is 38.7. The molecule has 0 saturated heterocycles. The van der Waals surface area contributed by atoms with E-state index in [2.05, 4.69) is 91.9 Å². The van der Waals surface area contributed by atoms with Gasteiger partial charge in [0.15, 0.2) is 0 Å². The molecule has 1 aromatic heterocycles. The zero-order chi connectivity index (χ0) is 44.3. The van der Waals surface area contributed by atoms with Gasteiger partial charge in [0.1, 0.15) is 45.7 Å². The van der Waals surface area contributed by atoms with E-state index in [4.69, 9.17) is 36.4 Å². The molecule has 7 rings (SSSR count). The summed E-state index contributed by atoms with van der Waals surface area (Å²) in [5.74, 6) is 4.72. The molecule has 0 aliphatic heterocycles. The van der Waals surface area contributed by atoms with Gasteiger partial charge in [-0.2, -0.15) is 0 Å². The molecule has 0 amide bonds. The van der Waals surface area contributed by atoms with Gasteiger partial charge >= 0.3 is 8.24 Å². The Kier molecular flexibility index (Phi) is 17.6. The highest BCUT2D eigenvalue weighted by Gasteiger charge is 2.35. The van der Waals surface area contributed by atoms with Crippen molar-refractivity contribution in [2.75, 3.05) is 28.4 Å². The quantitative estimate of drug-likeness (QED) is 0.0563. The van der Waals surface area contributed by atoms with Crippen LogP contribution >= 0.6 is 39.0 Å². The SMILES string of the molecule is CCCCc1cc(OC)cc(-c2cc(OC)cc(I)c2OP(C2CCCCC2)C2CCCCC2)c1Op1oc2c(CCCC)cc(OC)cc2c2cc(OC)cc(CCCC)c2o1. The van der Waals surface area contributed by atoms with Crippen LogP contribution in [0.4, 0.5) is 0 Å². The van der Waals surface area contributed by atoms with Gasteiger partial charge in [0, 0.05) is 33.2 Å². The highest BCUT2D eigenvalue weighted by atomic mass is 127. The number of methoxy groups -OCH3 is 4. The van der Waals surface area contributed by atoms with E-state index in [0.717, 1.165) is 146 Å². The number of hydrogen-bond acceptors (Lipinski definition) is 8. The van der Waals surface area contributed by atoms with Crippen molar-refractivity contribution in [2.24, 2.45) is 0 Å². The first-order chi connectivity index (χ1) is 30.8. The summed E-state index contributed by atoms with van der Waals surface area (Å²) in [6, 6.07) is 16.8. The van der Waals surface area contributed by atoms with E-state index in [1.807, 2.05) is 0 Å². The molecule has 5 aromatic rings. The van der Waals surface area contributed by atoms with Gasteiger partial charge in [-0.1, -0.05) is 78.6 Å². The van der Waals surface area contributed by atoms with Gasteiger partial charge < -0.3 is 36.4 Å². The van der Waals surface area contributed by atoms with E-state index < -0.39 is 16.4 Å². The van der Waals surface area contributed by atoms with Crippen LogP contribution in [0.3, 0.4) is 0 Å². The third-order valence-electron chi connectivity index (χ3n) is 12.9. The number of unbranched alkanes of at least 4 members (excludes halogenated alkanes) is 3. The molecule has 0 atom stereocenters. The van der Waals surface area contributed by atoms with Crippen LogP contribution in [0, 0.1) is 3.57 Å². The lowest BCUT2D eigenvalue weighted by atomic mass is 9.97. The number of benzene rings is 4. The van der Waals surface area contributed by atoms with E-state index in [-0.39, 0.29) is 0 Å². The Morgan fingerprint density at radius 2 is 0.952 bits per heavy atom. The van der Waals surface area contributed by atoms with Gasteiger partial charge in [0.05, 0.1) is 40.2 Å². The Hall–Kier alpha value is -3.26. The maximum absolute atomic E-state index is 7.64. The molecule has 0 N–H and O–H groups in total. The van der Waals surface area contributed by atoms with Gasteiger partial charge in [0.25, 0.3) is 0 Å². The van der Waals surface area contributed by atoms with Crippen molar-refractivity contribution in [1.29, 1.82) is 0 Å². The molecule has 8 nitrogen and oxygen atoms in total. The highest BCUT2D eigenvalue weighted by molar-refractivity contribution is 14.1. The van der Waals surface area contributed by atoms with E-state index in [1.54, 1.807) is 28.4 Å². The average Bonchev–Trinajstić information content (AvgIpc) is 3.48. The minimum atomic E-state index is -2.05. The number of ether oxygens (including phenoxy) is 4. The summed E-state index contributed by atoms with van der Waals surface area (Å²) >= 11 is 2.47. The fourth-order valence-electron chi connectivity index (χ4n) is 9.40. The number of halogens is 1. The first-order valence-electron chi connectivity index (χ1n) is 23.6. The van der Waals surface area contributed by atoms with Crippen molar-refractivity contribution in [2.45, 2.75) is 154 Å². The Labute approximate surface area is 392 Å². The maximum Gasteiger partial charge on any atom is 0.453 e. The largest absolute Gasteiger partial charge is 0.497 e. The summed E-state index contributed by atoms with van der Waals surface area (Å²) in [5, 5.41) is 1.83. The molecule has 2 saturated carbocycles. The lowest BCUT2D eigenvalue weighted by Gasteiger charge is -2.38. The first-order valence-corrected chi connectivity index (χ1v) is 27.2. The first kappa shape index (κ1) is 47.7. The van der Waals surface area contributed by atoms with Gasteiger partial charge in [-0.25, -0.2) is 0 Å². The van der Waals surface area contributed by atoms with E-state index in [9.17, 15) is 0 Å². The van der Waals surface area contributed by atoms with Crippen LogP contribution in [0.25, 0.3) is 33.1 Å². The lowest BCUT2D eigenvalue weighted by Crippen LogP contribution is -2.23. The van der Waals surface area contributed by atoms with Gasteiger partial charge in [-0.15, -0.1) is 0 Å². The average molecular weight is 1010 g/mol. The molecule has 342 valence electrons. The third-order valence-corrected chi connectivity index (χ3v) is 17.6. The molecular weight excluding hydrogens is 941 g/mol. The molecule has 0 unspecified atom stereocenters. The van der Waals surface area contributed by atoms with Gasteiger partial charge in [0.2, 0.25) is 0 Å². The van der Waals surface area contributed by atoms with Crippen molar-refractivity contribution < 1.29 is 36.4 Å². The second-order valence-electron chi connectivity index (χ2n) is 17.3. The monoisotopic (exact) mass is 1010 g/mol. The predicted molar refractivity (Wildman–Crippen MR) is 270 cm³/mol. The van der Waals surface area contributed by atoms with Crippen molar-refractivity contribution in [3.8, 4) is 45.6 Å². The molecule has 11 heteroatoms. The highest BCUT2D eigenvalue weighted by Crippen LogP contribution is 2.59. The van der Waals surface area contributed by atoms with E-state index in [0.29, 0.717) is 11.3 Å².